The van der Waals surface area contributed by atoms with Crippen LogP contribution in [0.4, 0.5) is 0 Å². The van der Waals surface area contributed by atoms with E-state index in [1.54, 1.807) is 0 Å². The van der Waals surface area contributed by atoms with E-state index in [4.69, 9.17) is 0 Å². The molecule has 2 aliphatic rings. The fourth-order valence-electron chi connectivity index (χ4n) is 3.86. The fraction of sp³-hybridized carbons (Fsp3) is 0.895. The second-order valence-electron chi connectivity index (χ2n) is 7.78. The third kappa shape index (κ3) is 5.47. The number of likely N-dealkylation sites (tertiary alicyclic amines) is 1. The van der Waals surface area contributed by atoms with Crippen molar-refractivity contribution in [1.29, 1.82) is 0 Å². The molecule has 2 N–H and O–H groups in total. The first kappa shape index (κ1) is 19.2. The number of nitrogens with one attached hydrogen (secondary N) is 2. The molecule has 0 aromatic carbocycles. The summed E-state index contributed by atoms with van der Waals surface area (Å²) >= 11 is 0. The molecule has 1 saturated carbocycles. The van der Waals surface area contributed by atoms with Gasteiger partial charge < -0.3 is 15.5 Å². The fourth-order valence-corrected chi connectivity index (χ4v) is 3.86. The number of nitrogens with zero attached hydrogens (tertiary/aromatic N) is 1. The summed E-state index contributed by atoms with van der Waals surface area (Å²) in [5, 5.41) is 6.21. The first-order chi connectivity index (χ1) is 11.5. The van der Waals surface area contributed by atoms with Crippen LogP contribution in [-0.2, 0) is 9.59 Å². The molecule has 1 heterocycles. The summed E-state index contributed by atoms with van der Waals surface area (Å²) in [6.07, 6.45) is 7.43. The molecule has 2 fully saturated rings. The zero-order valence-electron chi connectivity index (χ0n) is 15.6. The Balaban J connectivity index is 1.84. The molecule has 2 rings (SSSR count). The largest absolute Gasteiger partial charge is 0.351 e. The standard InChI is InChI=1S/C19H35N3O2/c1-4-22-12-10-16(11-13-22)20-19(24)17(14(2)3)21-18(23)15-8-6-5-7-9-15/h14-17H,4-13H2,1-3H3,(H,20,24)(H,21,23). The Hall–Kier alpha value is -1.10. The van der Waals surface area contributed by atoms with Crippen LogP contribution in [0, 0.1) is 11.8 Å². The molecule has 0 radical (unpaired) electrons. The van der Waals surface area contributed by atoms with Gasteiger partial charge in [-0.1, -0.05) is 40.0 Å². The summed E-state index contributed by atoms with van der Waals surface area (Å²) in [7, 11) is 0. The van der Waals surface area contributed by atoms with E-state index in [0.29, 0.717) is 0 Å². The summed E-state index contributed by atoms with van der Waals surface area (Å²) in [6, 6.07) is -0.170. The Morgan fingerprint density at radius 1 is 1.04 bits per heavy atom. The average Bonchev–Trinajstić information content (AvgIpc) is 2.60. The van der Waals surface area contributed by atoms with Gasteiger partial charge in [-0.15, -0.1) is 0 Å². The van der Waals surface area contributed by atoms with Crippen molar-refractivity contribution in [2.45, 2.75) is 77.8 Å². The van der Waals surface area contributed by atoms with E-state index >= 15 is 0 Å². The van der Waals surface area contributed by atoms with E-state index in [1.807, 2.05) is 13.8 Å². The van der Waals surface area contributed by atoms with Crippen LogP contribution in [0.2, 0.25) is 0 Å². The summed E-state index contributed by atoms with van der Waals surface area (Å²) in [5.74, 6) is 0.266. The van der Waals surface area contributed by atoms with Crippen LogP contribution in [0.3, 0.4) is 0 Å². The Kier molecular flexibility index (Phi) is 7.53. The Bertz CT molecular complexity index is 411. The molecule has 5 heteroatoms. The number of rotatable bonds is 6. The smallest absolute Gasteiger partial charge is 0.243 e. The minimum absolute atomic E-state index is 0.0101. The monoisotopic (exact) mass is 337 g/mol. The van der Waals surface area contributed by atoms with Gasteiger partial charge in [-0.3, -0.25) is 9.59 Å². The Morgan fingerprint density at radius 2 is 1.67 bits per heavy atom. The lowest BCUT2D eigenvalue weighted by atomic mass is 9.88. The molecule has 1 aliphatic heterocycles. The second-order valence-corrected chi connectivity index (χ2v) is 7.78. The van der Waals surface area contributed by atoms with E-state index in [9.17, 15) is 9.59 Å². The predicted octanol–water partition coefficient (Wildman–Crippen LogP) is 2.31. The maximum atomic E-state index is 12.7. The highest BCUT2D eigenvalue weighted by Crippen LogP contribution is 2.24. The first-order valence-corrected chi connectivity index (χ1v) is 9.84. The van der Waals surface area contributed by atoms with Gasteiger partial charge in [0.2, 0.25) is 11.8 Å². The van der Waals surface area contributed by atoms with Crippen molar-refractivity contribution in [3.8, 4) is 0 Å². The number of amides is 2. The maximum Gasteiger partial charge on any atom is 0.243 e. The van der Waals surface area contributed by atoms with Crippen molar-refractivity contribution in [3.05, 3.63) is 0 Å². The molecule has 1 unspecified atom stereocenters. The Morgan fingerprint density at radius 3 is 2.21 bits per heavy atom. The molecule has 2 amide bonds. The summed E-state index contributed by atoms with van der Waals surface area (Å²) in [6.45, 7) is 9.35. The molecule has 5 nitrogen and oxygen atoms in total. The summed E-state index contributed by atoms with van der Waals surface area (Å²) in [4.78, 5) is 27.6. The van der Waals surface area contributed by atoms with Crippen LogP contribution < -0.4 is 10.6 Å². The van der Waals surface area contributed by atoms with Crippen molar-refractivity contribution in [1.82, 2.24) is 15.5 Å². The van der Waals surface area contributed by atoms with Gasteiger partial charge >= 0.3 is 0 Å². The molecular weight excluding hydrogens is 302 g/mol. The highest BCUT2D eigenvalue weighted by molar-refractivity contribution is 5.88. The Labute approximate surface area is 146 Å². The lowest BCUT2D eigenvalue weighted by molar-refractivity contribution is -0.133. The molecular formula is C19H35N3O2. The van der Waals surface area contributed by atoms with Crippen LogP contribution in [-0.4, -0.2) is 48.4 Å². The van der Waals surface area contributed by atoms with E-state index in [-0.39, 0.29) is 29.7 Å². The lowest BCUT2D eigenvalue weighted by Crippen LogP contribution is -2.54. The maximum absolute atomic E-state index is 12.7. The number of piperidine rings is 1. The minimum atomic E-state index is -0.413. The van der Waals surface area contributed by atoms with E-state index in [2.05, 4.69) is 22.5 Å². The third-order valence-corrected chi connectivity index (χ3v) is 5.60. The van der Waals surface area contributed by atoms with E-state index < -0.39 is 6.04 Å². The highest BCUT2D eigenvalue weighted by Gasteiger charge is 2.30. The quantitative estimate of drug-likeness (QED) is 0.782. The van der Waals surface area contributed by atoms with Gasteiger partial charge in [0, 0.05) is 25.0 Å². The van der Waals surface area contributed by atoms with Gasteiger partial charge in [-0.2, -0.15) is 0 Å². The van der Waals surface area contributed by atoms with Crippen LogP contribution in [0.5, 0.6) is 0 Å². The minimum Gasteiger partial charge on any atom is -0.351 e. The van der Waals surface area contributed by atoms with Gasteiger partial charge in [-0.25, -0.2) is 0 Å². The zero-order valence-corrected chi connectivity index (χ0v) is 15.6. The highest BCUT2D eigenvalue weighted by atomic mass is 16.2. The van der Waals surface area contributed by atoms with Gasteiger partial charge in [0.05, 0.1) is 0 Å². The summed E-state index contributed by atoms with van der Waals surface area (Å²) < 4.78 is 0. The molecule has 0 spiro atoms. The molecule has 1 atom stereocenters. The van der Waals surface area contributed by atoms with Crippen molar-refractivity contribution >= 4 is 11.8 Å². The number of carbonyl (C=O) groups is 2. The van der Waals surface area contributed by atoms with Crippen LogP contribution >= 0.6 is 0 Å². The van der Waals surface area contributed by atoms with Gasteiger partial charge in [0.25, 0.3) is 0 Å². The summed E-state index contributed by atoms with van der Waals surface area (Å²) in [5.41, 5.74) is 0. The number of carbonyl (C=O) groups excluding carboxylic acids is 2. The first-order valence-electron chi connectivity index (χ1n) is 9.84. The molecule has 0 aromatic heterocycles. The SMILES string of the molecule is CCN1CCC(NC(=O)C(NC(=O)C2CCCCC2)C(C)C)CC1. The van der Waals surface area contributed by atoms with Crippen LogP contribution in [0.15, 0.2) is 0 Å². The molecule has 0 aromatic rings. The van der Waals surface area contributed by atoms with Crippen LogP contribution in [0.25, 0.3) is 0 Å². The predicted molar refractivity (Wildman–Crippen MR) is 96.6 cm³/mol. The molecule has 24 heavy (non-hydrogen) atoms. The second kappa shape index (κ2) is 9.40. The normalized spacial score (nSPS) is 22.3. The molecule has 1 saturated heterocycles. The zero-order chi connectivity index (χ0) is 17.5. The van der Waals surface area contributed by atoms with E-state index in [0.717, 1.165) is 58.2 Å². The van der Waals surface area contributed by atoms with Crippen molar-refractivity contribution < 1.29 is 9.59 Å². The van der Waals surface area contributed by atoms with Gasteiger partial charge in [0.15, 0.2) is 0 Å². The van der Waals surface area contributed by atoms with Gasteiger partial charge in [0.1, 0.15) is 6.04 Å². The molecule has 138 valence electrons. The molecule has 0 bridgehead atoms. The van der Waals surface area contributed by atoms with Crippen molar-refractivity contribution in [3.63, 3.8) is 0 Å². The number of hydrogen-bond acceptors (Lipinski definition) is 3. The molecule has 1 aliphatic carbocycles. The van der Waals surface area contributed by atoms with Gasteiger partial charge in [-0.05, 0) is 38.1 Å². The lowest BCUT2D eigenvalue weighted by Gasteiger charge is -2.33. The van der Waals surface area contributed by atoms with Crippen LogP contribution in [0.1, 0.15) is 65.7 Å². The number of hydrogen-bond donors (Lipinski definition) is 2. The topological polar surface area (TPSA) is 61.4 Å². The average molecular weight is 338 g/mol. The van der Waals surface area contributed by atoms with Crippen molar-refractivity contribution in [2.75, 3.05) is 19.6 Å². The van der Waals surface area contributed by atoms with Crippen molar-refractivity contribution in [2.24, 2.45) is 11.8 Å². The van der Waals surface area contributed by atoms with E-state index in [1.165, 1.54) is 6.42 Å². The third-order valence-electron chi connectivity index (χ3n) is 5.60.